The second kappa shape index (κ2) is 7.83. The molecule has 0 spiro atoms. The van der Waals surface area contributed by atoms with Crippen molar-refractivity contribution < 1.29 is 39.7 Å². The number of phenols is 1. The summed E-state index contributed by atoms with van der Waals surface area (Å²) in [5, 5.41) is 55.3. The maximum Gasteiger partial charge on any atom is 0.312 e. The lowest BCUT2D eigenvalue weighted by Crippen LogP contribution is -2.71. The normalized spacial score (nSPS) is 32.8. The number of amides is 1. The summed E-state index contributed by atoms with van der Waals surface area (Å²) in [6.07, 6.45) is -1.96. The van der Waals surface area contributed by atoms with E-state index in [9.17, 15) is 44.9 Å². The number of halogens is 1. The summed E-state index contributed by atoms with van der Waals surface area (Å²) in [5.41, 5.74) is 0.986. The van der Waals surface area contributed by atoms with Crippen molar-refractivity contribution >= 4 is 39.1 Å². The van der Waals surface area contributed by atoms with E-state index in [4.69, 9.17) is 5.73 Å². The monoisotopic (exact) mass is 539 g/mol. The molecule has 1 aromatic rings. The van der Waals surface area contributed by atoms with Crippen LogP contribution in [0.4, 0.5) is 5.69 Å². The minimum Gasteiger partial charge on any atom is -0.510 e. The summed E-state index contributed by atoms with van der Waals surface area (Å²) in [7, 11) is 3.09. The average Bonchev–Trinajstić information content (AvgIpc) is 2.72. The zero-order valence-corrected chi connectivity index (χ0v) is 19.6. The van der Waals surface area contributed by atoms with Crippen LogP contribution in [-0.2, 0) is 16.0 Å². The van der Waals surface area contributed by atoms with E-state index in [0.717, 1.165) is 6.07 Å². The molecule has 34 heavy (non-hydrogen) atoms. The molecule has 13 heteroatoms. The van der Waals surface area contributed by atoms with Gasteiger partial charge in [0.05, 0.1) is 22.4 Å². The second-order valence-corrected chi connectivity index (χ2v) is 10.0. The van der Waals surface area contributed by atoms with Gasteiger partial charge in [-0.1, -0.05) is 15.9 Å². The van der Waals surface area contributed by atoms with E-state index in [1.54, 1.807) is 14.1 Å². The van der Waals surface area contributed by atoms with Crippen LogP contribution in [0.2, 0.25) is 0 Å². The fraction of sp³-hybridized carbons (Fsp3) is 0.476. The van der Waals surface area contributed by atoms with Crippen LogP contribution in [0.15, 0.2) is 21.9 Å². The standard InChI is InChI=1S/C21H22BrN3O9/c1-24(2)14-8-4-6-3-7-9(22)5-10(25(33)34)15(26)12(7)16(27)11(6)18(29)21(8,32)19(30)13(17(14)28)20(23)31/h5-6,8,11,14,18,26,28-29,32H,3-4H2,1-2H3,(H2,23,31)/t6-,8-,11?,14-,18?,21-/m0/s1. The Morgan fingerprint density at radius 2 is 1.94 bits per heavy atom. The van der Waals surface area contributed by atoms with Gasteiger partial charge in [-0.2, -0.15) is 0 Å². The van der Waals surface area contributed by atoms with Crippen LogP contribution >= 0.6 is 15.9 Å². The number of aromatic hydroxyl groups is 1. The lowest BCUT2D eigenvalue weighted by Gasteiger charge is -2.55. The molecule has 6 N–H and O–H groups in total. The Hall–Kier alpha value is -2.87. The molecule has 1 amide bonds. The average molecular weight is 540 g/mol. The predicted molar refractivity (Wildman–Crippen MR) is 118 cm³/mol. The van der Waals surface area contributed by atoms with Crippen LogP contribution in [-0.4, -0.2) is 79.6 Å². The van der Waals surface area contributed by atoms with Gasteiger partial charge in [0.15, 0.2) is 11.4 Å². The summed E-state index contributed by atoms with van der Waals surface area (Å²) in [6, 6.07) is 0.0173. The molecule has 1 saturated carbocycles. The number of Topliss-reactive ketones (excluding diaryl/α,β-unsaturated/α-hetero) is 2. The second-order valence-electron chi connectivity index (χ2n) is 9.17. The van der Waals surface area contributed by atoms with Gasteiger partial charge in [-0.15, -0.1) is 0 Å². The van der Waals surface area contributed by atoms with Crippen molar-refractivity contribution in [1.82, 2.24) is 4.90 Å². The highest BCUT2D eigenvalue weighted by atomic mass is 79.9. The molecule has 2 unspecified atom stereocenters. The molecule has 6 atom stereocenters. The Labute approximate surface area is 200 Å². The van der Waals surface area contributed by atoms with Crippen LogP contribution < -0.4 is 5.73 Å². The predicted octanol–water partition coefficient (Wildman–Crippen LogP) is -0.0437. The quantitative estimate of drug-likeness (QED) is 0.196. The van der Waals surface area contributed by atoms with E-state index in [1.807, 2.05) is 0 Å². The van der Waals surface area contributed by atoms with Crippen LogP contribution in [0.5, 0.6) is 5.75 Å². The number of aliphatic hydroxyl groups excluding tert-OH is 2. The van der Waals surface area contributed by atoms with Gasteiger partial charge >= 0.3 is 5.69 Å². The van der Waals surface area contributed by atoms with Gasteiger partial charge in [-0.05, 0) is 38.4 Å². The molecule has 12 nitrogen and oxygen atoms in total. The number of rotatable bonds is 3. The van der Waals surface area contributed by atoms with Gasteiger partial charge in [0.2, 0.25) is 11.5 Å². The highest BCUT2D eigenvalue weighted by Gasteiger charge is 2.66. The van der Waals surface area contributed by atoms with Gasteiger partial charge in [-0.25, -0.2) is 0 Å². The minimum atomic E-state index is -2.65. The number of nitrogens with two attached hydrogens (primary N) is 1. The molecule has 3 aliphatic rings. The molecule has 4 rings (SSSR count). The van der Waals surface area contributed by atoms with Gasteiger partial charge in [0, 0.05) is 16.5 Å². The van der Waals surface area contributed by atoms with E-state index < -0.39 is 80.7 Å². The van der Waals surface area contributed by atoms with Gasteiger partial charge in [0.1, 0.15) is 17.4 Å². The molecule has 182 valence electrons. The van der Waals surface area contributed by atoms with Crippen molar-refractivity contribution in [1.29, 1.82) is 0 Å². The fourth-order valence-electron chi connectivity index (χ4n) is 5.84. The summed E-state index contributed by atoms with van der Waals surface area (Å²) >= 11 is 3.21. The highest BCUT2D eigenvalue weighted by Crippen LogP contribution is 2.54. The van der Waals surface area contributed by atoms with Crippen molar-refractivity contribution in [2.24, 2.45) is 23.5 Å². The number of hydrogen-bond donors (Lipinski definition) is 5. The number of primary amides is 1. The first-order chi connectivity index (χ1) is 15.7. The molecule has 0 saturated heterocycles. The van der Waals surface area contributed by atoms with Crippen molar-refractivity contribution in [2.75, 3.05) is 14.1 Å². The fourth-order valence-corrected chi connectivity index (χ4v) is 6.42. The number of likely N-dealkylation sites (N-methyl/N-ethyl adjacent to an activating group) is 1. The lowest BCUT2D eigenvalue weighted by molar-refractivity contribution is -0.386. The third-order valence-corrected chi connectivity index (χ3v) is 7.98. The highest BCUT2D eigenvalue weighted by molar-refractivity contribution is 9.10. The Balaban J connectivity index is 1.91. The zero-order valence-electron chi connectivity index (χ0n) is 18.1. The number of ketones is 2. The Morgan fingerprint density at radius 3 is 2.47 bits per heavy atom. The first-order valence-corrected chi connectivity index (χ1v) is 11.1. The molecule has 1 aromatic carbocycles. The third kappa shape index (κ3) is 3.04. The van der Waals surface area contributed by atoms with Crippen LogP contribution in [0.3, 0.4) is 0 Å². The number of carbonyl (C=O) groups is 3. The number of aliphatic hydroxyl groups is 3. The number of nitro groups is 1. The van der Waals surface area contributed by atoms with Crippen molar-refractivity contribution in [2.45, 2.75) is 30.6 Å². The van der Waals surface area contributed by atoms with Crippen molar-refractivity contribution in [3.05, 3.63) is 43.1 Å². The Bertz CT molecular complexity index is 1200. The summed E-state index contributed by atoms with van der Waals surface area (Å²) in [5.74, 6) is -8.12. The number of hydrogen-bond acceptors (Lipinski definition) is 10. The first-order valence-electron chi connectivity index (χ1n) is 10.3. The largest absolute Gasteiger partial charge is 0.510 e. The van der Waals surface area contributed by atoms with E-state index >= 15 is 0 Å². The molecule has 0 bridgehead atoms. The SMILES string of the molecule is CN(C)[C@@H]1C(O)=C(C(N)=O)C(=O)[C@@]2(O)C(O)C3C(=O)c4c(O)c([N+](=O)[O-])cc(Br)c4C[C@H]3C[C@@H]12. The Morgan fingerprint density at radius 1 is 1.32 bits per heavy atom. The molecule has 0 heterocycles. The molecule has 1 fully saturated rings. The summed E-state index contributed by atoms with van der Waals surface area (Å²) < 4.78 is 0.219. The zero-order chi connectivity index (χ0) is 25.4. The molecule has 0 radical (unpaired) electrons. The number of phenolic OH excluding ortho intramolecular Hbond substituents is 1. The van der Waals surface area contributed by atoms with Crippen molar-refractivity contribution in [3.8, 4) is 5.75 Å². The van der Waals surface area contributed by atoms with E-state index in [0.29, 0.717) is 5.56 Å². The van der Waals surface area contributed by atoms with Gasteiger partial charge < -0.3 is 26.2 Å². The van der Waals surface area contributed by atoms with E-state index in [2.05, 4.69) is 15.9 Å². The molecular weight excluding hydrogens is 518 g/mol. The van der Waals surface area contributed by atoms with Crippen LogP contribution in [0, 0.1) is 27.9 Å². The van der Waals surface area contributed by atoms with Crippen molar-refractivity contribution in [3.63, 3.8) is 0 Å². The number of carbonyl (C=O) groups excluding carboxylic acids is 3. The van der Waals surface area contributed by atoms with Gasteiger partial charge in [0.25, 0.3) is 5.91 Å². The molecule has 0 aliphatic heterocycles. The molecular formula is C21H22BrN3O9. The Kier molecular flexibility index (Phi) is 5.59. The maximum atomic E-state index is 13.5. The number of nitro benzene ring substituents is 1. The summed E-state index contributed by atoms with van der Waals surface area (Å²) in [6.45, 7) is 0. The minimum absolute atomic E-state index is 0.0156. The maximum absolute atomic E-state index is 13.5. The smallest absolute Gasteiger partial charge is 0.312 e. The molecule has 0 aromatic heterocycles. The first kappa shape index (κ1) is 24.3. The van der Waals surface area contributed by atoms with E-state index in [1.165, 1.54) is 4.90 Å². The molecule has 3 aliphatic carbocycles. The van der Waals surface area contributed by atoms with Gasteiger partial charge in [-0.3, -0.25) is 29.4 Å². The van der Waals surface area contributed by atoms with E-state index in [-0.39, 0.29) is 22.9 Å². The lowest BCUT2D eigenvalue weighted by atomic mass is 9.53. The number of nitrogens with zero attached hydrogens (tertiary/aromatic N) is 2. The summed E-state index contributed by atoms with van der Waals surface area (Å²) in [4.78, 5) is 50.6. The topological polar surface area (TPSA) is 205 Å². The van der Waals surface area contributed by atoms with Crippen LogP contribution in [0.1, 0.15) is 22.3 Å². The number of fused-ring (bicyclic) bond motifs is 3. The number of benzene rings is 1. The third-order valence-electron chi connectivity index (χ3n) is 7.28. The van der Waals surface area contributed by atoms with Crippen LogP contribution in [0.25, 0.3) is 0 Å².